The summed E-state index contributed by atoms with van der Waals surface area (Å²) in [4.78, 5) is 12.9. The van der Waals surface area contributed by atoms with Crippen molar-refractivity contribution in [3.63, 3.8) is 0 Å². The van der Waals surface area contributed by atoms with Gasteiger partial charge in [-0.25, -0.2) is 15.0 Å². The largest absolute Gasteiger partial charge is 0.478 e. The molecule has 5 nitrogen and oxygen atoms in total. The maximum Gasteiger partial charge on any atom is 0.213 e. The van der Waals surface area contributed by atoms with Crippen molar-refractivity contribution in [2.45, 2.75) is 24.8 Å². The van der Waals surface area contributed by atoms with Gasteiger partial charge in [-0.3, -0.25) is 0 Å². The van der Waals surface area contributed by atoms with Crippen LogP contribution in [0.3, 0.4) is 0 Å². The quantitative estimate of drug-likeness (QED) is 0.668. The van der Waals surface area contributed by atoms with Gasteiger partial charge in [0.2, 0.25) is 5.88 Å². The topological polar surface area (TPSA) is 73.9 Å². The highest BCUT2D eigenvalue weighted by atomic mass is 32.2. The Morgan fingerprint density at radius 1 is 1.26 bits per heavy atom. The Balaban J connectivity index is 2.03. The molecule has 6 heteroatoms. The van der Waals surface area contributed by atoms with E-state index in [4.69, 9.17) is 10.5 Å². The van der Waals surface area contributed by atoms with Gasteiger partial charge >= 0.3 is 0 Å². The van der Waals surface area contributed by atoms with Crippen molar-refractivity contribution < 1.29 is 4.74 Å². The van der Waals surface area contributed by atoms with Crippen LogP contribution in [0.2, 0.25) is 0 Å². The first kappa shape index (κ1) is 13.6. The van der Waals surface area contributed by atoms with Crippen molar-refractivity contribution in [2.75, 3.05) is 12.3 Å². The number of nitrogens with zero attached hydrogens (tertiary/aromatic N) is 3. The third-order valence-electron chi connectivity index (χ3n) is 2.28. The first-order chi connectivity index (χ1) is 9.17. The van der Waals surface area contributed by atoms with E-state index < -0.39 is 0 Å². The summed E-state index contributed by atoms with van der Waals surface area (Å²) in [6, 6.07) is 7.48. The molecule has 0 unspecified atom stereocenters. The summed E-state index contributed by atoms with van der Waals surface area (Å²) in [7, 11) is 0. The summed E-state index contributed by atoms with van der Waals surface area (Å²) < 4.78 is 5.37. The lowest BCUT2D eigenvalue weighted by atomic mass is 10.4. The zero-order valence-corrected chi connectivity index (χ0v) is 11.8. The van der Waals surface area contributed by atoms with Crippen LogP contribution in [0, 0.1) is 6.92 Å². The molecule has 0 aliphatic heterocycles. The van der Waals surface area contributed by atoms with Crippen molar-refractivity contribution in [3.8, 4) is 5.88 Å². The predicted molar refractivity (Wildman–Crippen MR) is 76.1 cm³/mol. The number of nitrogens with two attached hydrogens (primary N) is 1. The Morgan fingerprint density at radius 3 is 2.84 bits per heavy atom. The van der Waals surface area contributed by atoms with E-state index in [2.05, 4.69) is 15.0 Å². The summed E-state index contributed by atoms with van der Waals surface area (Å²) in [5.74, 6) is 1.82. The van der Waals surface area contributed by atoms with Crippen LogP contribution >= 0.6 is 11.8 Å². The van der Waals surface area contributed by atoms with Crippen LogP contribution in [0.4, 0.5) is 5.82 Å². The number of aromatic nitrogens is 3. The number of hydrogen-bond donors (Lipinski definition) is 1. The Labute approximate surface area is 116 Å². The number of nitrogen functional groups attached to an aromatic ring is 1. The van der Waals surface area contributed by atoms with E-state index in [1.54, 1.807) is 6.07 Å². The van der Waals surface area contributed by atoms with Crippen molar-refractivity contribution in [2.24, 2.45) is 0 Å². The molecule has 19 heavy (non-hydrogen) atoms. The third-order valence-corrected chi connectivity index (χ3v) is 3.16. The average Bonchev–Trinajstić information content (AvgIpc) is 2.36. The summed E-state index contributed by atoms with van der Waals surface area (Å²) in [6.07, 6.45) is 0. The minimum atomic E-state index is 0.492. The number of anilines is 1. The highest BCUT2D eigenvalue weighted by Gasteiger charge is 2.04. The van der Waals surface area contributed by atoms with Gasteiger partial charge < -0.3 is 10.5 Å². The van der Waals surface area contributed by atoms with Crippen LogP contribution in [0.1, 0.15) is 18.3 Å². The molecule has 2 aromatic rings. The van der Waals surface area contributed by atoms with Crippen LogP contribution in [-0.2, 0) is 5.75 Å². The molecular formula is C13H16N4OS. The Hall–Kier alpha value is -1.82. The summed E-state index contributed by atoms with van der Waals surface area (Å²) in [6.45, 7) is 4.45. The van der Waals surface area contributed by atoms with Crippen LogP contribution in [0.5, 0.6) is 5.88 Å². The van der Waals surface area contributed by atoms with Gasteiger partial charge in [-0.15, -0.1) is 0 Å². The molecule has 0 amide bonds. The van der Waals surface area contributed by atoms with Gasteiger partial charge in [0.15, 0.2) is 5.16 Å². The monoisotopic (exact) mass is 276 g/mol. The molecule has 0 radical (unpaired) electrons. The number of thioether (sulfide) groups is 1. The van der Waals surface area contributed by atoms with Gasteiger partial charge in [0.25, 0.3) is 0 Å². The van der Waals surface area contributed by atoms with Crippen molar-refractivity contribution >= 4 is 17.6 Å². The van der Waals surface area contributed by atoms with Crippen molar-refractivity contribution in [1.82, 2.24) is 15.0 Å². The third kappa shape index (κ3) is 4.10. The summed E-state index contributed by atoms with van der Waals surface area (Å²) in [5.41, 5.74) is 7.49. The fraction of sp³-hybridized carbons (Fsp3) is 0.308. The zero-order valence-electron chi connectivity index (χ0n) is 11.0. The minimum Gasteiger partial charge on any atom is -0.478 e. The second-order valence-corrected chi connectivity index (χ2v) is 4.85. The van der Waals surface area contributed by atoms with Crippen LogP contribution in [0.25, 0.3) is 0 Å². The Bertz CT molecular complexity index is 542. The van der Waals surface area contributed by atoms with Gasteiger partial charge in [0, 0.05) is 23.6 Å². The predicted octanol–water partition coefficient (Wildman–Crippen LogP) is 2.45. The Morgan fingerprint density at radius 2 is 2.11 bits per heavy atom. The van der Waals surface area contributed by atoms with Crippen LogP contribution in [-0.4, -0.2) is 21.6 Å². The van der Waals surface area contributed by atoms with Crippen molar-refractivity contribution in [1.29, 1.82) is 0 Å². The standard InChI is InChI=1S/C13H16N4OS/c1-3-18-12-6-4-5-10(16-12)8-19-13-15-9(2)7-11(14)17-13/h4-7H,3,8H2,1-2H3,(H2,14,15,17). The molecule has 0 fully saturated rings. The fourth-order valence-corrected chi connectivity index (χ4v) is 2.35. The molecule has 100 valence electrons. The van der Waals surface area contributed by atoms with Crippen LogP contribution < -0.4 is 10.5 Å². The van der Waals surface area contributed by atoms with Gasteiger partial charge in [-0.2, -0.15) is 0 Å². The number of pyridine rings is 1. The fourth-order valence-electron chi connectivity index (χ4n) is 1.53. The molecule has 0 atom stereocenters. The molecular weight excluding hydrogens is 260 g/mol. The van der Waals surface area contributed by atoms with Crippen LogP contribution in [0.15, 0.2) is 29.4 Å². The normalized spacial score (nSPS) is 10.4. The van der Waals surface area contributed by atoms with E-state index in [0.717, 1.165) is 11.4 Å². The van der Waals surface area contributed by atoms with Gasteiger partial charge in [-0.1, -0.05) is 17.8 Å². The number of ether oxygens (including phenoxy) is 1. The number of hydrogen-bond acceptors (Lipinski definition) is 6. The second-order valence-electron chi connectivity index (χ2n) is 3.91. The molecule has 0 aliphatic rings. The minimum absolute atomic E-state index is 0.492. The van der Waals surface area contributed by atoms with E-state index in [9.17, 15) is 0 Å². The van der Waals surface area contributed by atoms with Gasteiger partial charge in [0.05, 0.1) is 12.3 Å². The molecule has 2 rings (SSSR count). The Kier molecular flexibility index (Phi) is 4.57. The number of aryl methyl sites for hydroxylation is 1. The molecule has 0 aromatic carbocycles. The lowest BCUT2D eigenvalue weighted by Gasteiger charge is -2.05. The van der Waals surface area contributed by atoms with E-state index in [0.29, 0.717) is 29.2 Å². The maximum atomic E-state index is 5.69. The van der Waals surface area contributed by atoms with E-state index >= 15 is 0 Å². The lowest BCUT2D eigenvalue weighted by molar-refractivity contribution is 0.326. The molecule has 2 aromatic heterocycles. The lowest BCUT2D eigenvalue weighted by Crippen LogP contribution is -1.98. The maximum absolute atomic E-state index is 5.69. The molecule has 0 bridgehead atoms. The molecule has 0 aliphatic carbocycles. The zero-order chi connectivity index (χ0) is 13.7. The average molecular weight is 276 g/mol. The smallest absolute Gasteiger partial charge is 0.213 e. The summed E-state index contributed by atoms with van der Waals surface area (Å²) in [5, 5.41) is 0.668. The highest BCUT2D eigenvalue weighted by Crippen LogP contribution is 2.20. The molecule has 2 heterocycles. The van der Waals surface area contributed by atoms with E-state index in [-0.39, 0.29) is 0 Å². The summed E-state index contributed by atoms with van der Waals surface area (Å²) >= 11 is 1.51. The molecule has 2 N–H and O–H groups in total. The molecule has 0 saturated heterocycles. The SMILES string of the molecule is CCOc1cccc(CSc2nc(C)cc(N)n2)n1. The first-order valence-electron chi connectivity index (χ1n) is 6.00. The molecule has 0 saturated carbocycles. The van der Waals surface area contributed by atoms with E-state index in [1.165, 1.54) is 11.8 Å². The van der Waals surface area contributed by atoms with Gasteiger partial charge in [-0.05, 0) is 19.9 Å². The van der Waals surface area contributed by atoms with E-state index in [1.807, 2.05) is 32.0 Å². The second kappa shape index (κ2) is 6.38. The molecule has 0 spiro atoms. The van der Waals surface area contributed by atoms with Gasteiger partial charge in [0.1, 0.15) is 5.82 Å². The van der Waals surface area contributed by atoms with Crippen molar-refractivity contribution in [3.05, 3.63) is 35.7 Å². The highest BCUT2D eigenvalue weighted by molar-refractivity contribution is 7.98. The number of rotatable bonds is 5. The first-order valence-corrected chi connectivity index (χ1v) is 6.98.